The fourth-order valence-electron chi connectivity index (χ4n) is 3.94. The summed E-state index contributed by atoms with van der Waals surface area (Å²) in [6.45, 7) is -4.24. The van der Waals surface area contributed by atoms with Crippen LogP contribution < -0.4 is 0 Å². The minimum Gasteiger partial charge on any atom is -0.412 e. The lowest BCUT2D eigenvalue weighted by molar-refractivity contribution is -0.149. The zero-order chi connectivity index (χ0) is 33.1. The molecule has 0 aliphatic carbocycles. The minimum atomic E-state index is -0.687. The Kier molecular flexibility index (Phi) is 21.8. The first-order chi connectivity index (χ1) is 21.1. The van der Waals surface area contributed by atoms with E-state index in [2.05, 4.69) is 23.7 Å². The van der Waals surface area contributed by atoms with Gasteiger partial charge in [-0.1, -0.05) is 23.7 Å². The standard InChI is InChI=1S/C30H38N6O8.2H2O/c1-7-11-31-19-25(37)33(13-9-3)21-30(42)36(16-18-44-6)24-28(40)32(12-8-2)20-26(38)34(14-10-4)22-29(41)35(15-17-43-5)23-27(31)39;;/h1-4H,11-24H2,5-6H3;2*1H2. The summed E-state index contributed by atoms with van der Waals surface area (Å²) < 4.78 is 10.1. The van der Waals surface area contributed by atoms with Crippen molar-refractivity contribution in [3.63, 3.8) is 0 Å². The van der Waals surface area contributed by atoms with Crippen LogP contribution in [0.2, 0.25) is 0 Å². The molecule has 1 aliphatic heterocycles. The second kappa shape index (κ2) is 23.3. The van der Waals surface area contributed by atoms with Crippen LogP contribution in [0.5, 0.6) is 0 Å². The Labute approximate surface area is 269 Å². The van der Waals surface area contributed by atoms with E-state index in [1.54, 1.807) is 0 Å². The topological polar surface area (TPSA) is 203 Å². The molecule has 0 spiro atoms. The lowest BCUT2D eigenvalue weighted by atomic mass is 10.3. The Morgan fingerprint density at radius 1 is 0.457 bits per heavy atom. The van der Waals surface area contributed by atoms with Gasteiger partial charge in [-0.3, -0.25) is 28.8 Å². The van der Waals surface area contributed by atoms with Gasteiger partial charge in [-0.2, -0.15) is 0 Å². The first-order valence-electron chi connectivity index (χ1n) is 13.4. The third-order valence-corrected chi connectivity index (χ3v) is 6.33. The lowest BCUT2D eigenvalue weighted by Gasteiger charge is -2.32. The summed E-state index contributed by atoms with van der Waals surface area (Å²) in [5, 5.41) is 0. The highest BCUT2D eigenvalue weighted by atomic mass is 16.5. The number of methoxy groups -OCH3 is 2. The summed E-state index contributed by atoms with van der Waals surface area (Å²) in [5.41, 5.74) is 0. The molecule has 1 saturated heterocycles. The number of carbonyl (C=O) groups excluding carboxylic acids is 6. The molecular formula is C30H42N6O10. The van der Waals surface area contributed by atoms with Gasteiger partial charge < -0.3 is 49.8 Å². The van der Waals surface area contributed by atoms with Crippen molar-refractivity contribution in [3.05, 3.63) is 0 Å². The van der Waals surface area contributed by atoms with Gasteiger partial charge in [0.2, 0.25) is 35.4 Å². The quantitative estimate of drug-likeness (QED) is 0.210. The third kappa shape index (κ3) is 14.1. The molecule has 0 unspecified atom stereocenters. The number of amides is 6. The van der Waals surface area contributed by atoms with Crippen molar-refractivity contribution in [3.8, 4) is 49.4 Å². The van der Waals surface area contributed by atoms with E-state index in [0.717, 1.165) is 29.4 Å². The first kappa shape index (κ1) is 43.0. The Morgan fingerprint density at radius 3 is 0.848 bits per heavy atom. The van der Waals surface area contributed by atoms with E-state index in [-0.39, 0.29) is 63.4 Å². The third-order valence-electron chi connectivity index (χ3n) is 6.33. The van der Waals surface area contributed by atoms with Crippen LogP contribution >= 0.6 is 0 Å². The van der Waals surface area contributed by atoms with Crippen LogP contribution in [0.15, 0.2) is 0 Å². The van der Waals surface area contributed by atoms with E-state index in [1.807, 2.05) is 0 Å². The van der Waals surface area contributed by atoms with E-state index in [0.29, 0.717) is 0 Å². The molecular weight excluding hydrogens is 604 g/mol. The lowest BCUT2D eigenvalue weighted by Crippen LogP contribution is -2.54. The SMILES string of the molecule is C#CCN1CC(=O)N(CCOC)CC(=O)N(CC#C)CC(=O)N(CC#C)CC(=O)N(CCOC)CC(=O)N(CC#C)CC1=O.O.O. The number of carbonyl (C=O) groups is 6. The maximum absolute atomic E-state index is 13.3. The van der Waals surface area contributed by atoms with Gasteiger partial charge in [-0.25, -0.2) is 0 Å². The number of hydrogen-bond acceptors (Lipinski definition) is 8. The van der Waals surface area contributed by atoms with Crippen LogP contribution in [-0.2, 0) is 38.2 Å². The minimum absolute atomic E-state index is 0. The van der Waals surface area contributed by atoms with Crippen LogP contribution in [0.3, 0.4) is 0 Å². The Bertz CT molecular complexity index is 1110. The van der Waals surface area contributed by atoms with Gasteiger partial charge in [0.05, 0.1) is 52.5 Å². The van der Waals surface area contributed by atoms with Gasteiger partial charge in [0.15, 0.2) is 0 Å². The molecule has 4 N–H and O–H groups in total. The van der Waals surface area contributed by atoms with E-state index in [9.17, 15) is 28.8 Å². The van der Waals surface area contributed by atoms with Crippen molar-refractivity contribution in [1.29, 1.82) is 0 Å². The number of rotatable bonds is 10. The highest BCUT2D eigenvalue weighted by Crippen LogP contribution is 2.05. The van der Waals surface area contributed by atoms with Gasteiger partial charge in [0, 0.05) is 27.3 Å². The fourth-order valence-corrected chi connectivity index (χ4v) is 3.94. The number of hydrogen-bond donors (Lipinski definition) is 0. The smallest absolute Gasteiger partial charge is 0.243 e. The number of terminal acetylenes is 4. The molecule has 0 aromatic carbocycles. The molecule has 0 bridgehead atoms. The zero-order valence-corrected chi connectivity index (χ0v) is 26.2. The molecule has 16 nitrogen and oxygen atoms in total. The number of ether oxygens (including phenoxy) is 2. The summed E-state index contributed by atoms with van der Waals surface area (Å²) in [4.78, 5) is 86.3. The van der Waals surface area contributed by atoms with Gasteiger partial charge in [-0.15, -0.1) is 25.7 Å². The van der Waals surface area contributed by atoms with Crippen molar-refractivity contribution >= 4 is 35.4 Å². The molecule has 46 heavy (non-hydrogen) atoms. The van der Waals surface area contributed by atoms with Crippen LogP contribution in [0, 0.1) is 49.4 Å². The second-order valence-corrected chi connectivity index (χ2v) is 9.43. The maximum Gasteiger partial charge on any atom is 0.243 e. The van der Waals surface area contributed by atoms with E-state index >= 15 is 0 Å². The van der Waals surface area contributed by atoms with E-state index in [4.69, 9.17) is 35.2 Å². The molecule has 6 amide bonds. The zero-order valence-electron chi connectivity index (χ0n) is 26.2. The van der Waals surface area contributed by atoms with Crippen molar-refractivity contribution in [2.24, 2.45) is 0 Å². The van der Waals surface area contributed by atoms with Crippen LogP contribution in [0.4, 0.5) is 0 Å². The Hall–Kier alpha value is -5.10. The maximum atomic E-state index is 13.3. The van der Waals surface area contributed by atoms with Crippen LogP contribution in [0.1, 0.15) is 0 Å². The summed E-state index contributed by atoms with van der Waals surface area (Å²) in [7, 11) is 2.81. The summed E-state index contributed by atoms with van der Waals surface area (Å²) in [5.74, 6) is 5.22. The highest BCUT2D eigenvalue weighted by molar-refractivity contribution is 5.94. The molecule has 252 valence electrons. The van der Waals surface area contributed by atoms with E-state index < -0.39 is 74.7 Å². The normalized spacial score (nSPS) is 16.0. The average Bonchev–Trinajstić information content (AvgIpc) is 2.99. The summed E-state index contributed by atoms with van der Waals surface area (Å²) in [6, 6.07) is 0. The predicted molar refractivity (Wildman–Crippen MR) is 166 cm³/mol. The molecule has 0 atom stereocenters. The highest BCUT2D eigenvalue weighted by Gasteiger charge is 2.30. The molecule has 1 fully saturated rings. The Morgan fingerprint density at radius 2 is 0.652 bits per heavy atom. The van der Waals surface area contributed by atoms with Crippen molar-refractivity contribution < 1.29 is 49.2 Å². The first-order valence-corrected chi connectivity index (χ1v) is 13.4. The molecule has 0 radical (unpaired) electrons. The predicted octanol–water partition coefficient (Wildman–Crippen LogP) is -4.85. The van der Waals surface area contributed by atoms with Gasteiger partial charge in [-0.05, 0) is 0 Å². The molecule has 0 saturated carbocycles. The average molecular weight is 647 g/mol. The number of nitrogens with zero attached hydrogens (tertiary/aromatic N) is 6. The van der Waals surface area contributed by atoms with Crippen molar-refractivity contribution in [2.45, 2.75) is 0 Å². The van der Waals surface area contributed by atoms with Gasteiger partial charge in [0.1, 0.15) is 26.2 Å². The van der Waals surface area contributed by atoms with Crippen LogP contribution in [-0.4, -0.2) is 182 Å². The largest absolute Gasteiger partial charge is 0.412 e. The van der Waals surface area contributed by atoms with E-state index in [1.165, 1.54) is 14.2 Å². The van der Waals surface area contributed by atoms with Gasteiger partial charge >= 0.3 is 0 Å². The van der Waals surface area contributed by atoms with Crippen LogP contribution in [0.25, 0.3) is 0 Å². The molecule has 0 aromatic rings. The molecule has 16 heteroatoms. The van der Waals surface area contributed by atoms with Gasteiger partial charge in [0.25, 0.3) is 0 Å². The molecule has 0 aromatic heterocycles. The second-order valence-electron chi connectivity index (χ2n) is 9.43. The molecule has 1 rings (SSSR count). The summed E-state index contributed by atoms with van der Waals surface area (Å²) in [6.07, 6.45) is 21.8. The Balaban J connectivity index is 0. The van der Waals surface area contributed by atoms with Crippen molar-refractivity contribution in [2.75, 3.05) is 106 Å². The monoisotopic (exact) mass is 646 g/mol. The fraction of sp³-hybridized carbons (Fsp3) is 0.533. The molecule has 1 heterocycles. The molecule has 1 aliphatic rings. The summed E-state index contributed by atoms with van der Waals surface area (Å²) >= 11 is 0. The van der Waals surface area contributed by atoms with Crippen molar-refractivity contribution in [1.82, 2.24) is 29.4 Å².